The van der Waals surface area contributed by atoms with Gasteiger partial charge in [0.1, 0.15) is 0 Å². The summed E-state index contributed by atoms with van der Waals surface area (Å²) in [4.78, 5) is 12.3. The number of ether oxygens (including phenoxy) is 2. The van der Waals surface area contributed by atoms with Crippen molar-refractivity contribution >= 4 is 22.9 Å². The third-order valence-electron chi connectivity index (χ3n) is 3.81. The molecule has 2 aromatic heterocycles. The maximum absolute atomic E-state index is 12.3. The first kappa shape index (κ1) is 17.9. The normalized spacial score (nSPS) is 10.6. The molecular formula is C18H19N3O4S. The first-order valence-corrected chi connectivity index (χ1v) is 8.92. The fraction of sp³-hybridized carbons (Fsp3) is 0.278. The number of benzene rings is 1. The highest BCUT2D eigenvalue weighted by Crippen LogP contribution is 2.33. The molecule has 1 N–H and O–H groups in total. The van der Waals surface area contributed by atoms with Gasteiger partial charge in [0.25, 0.3) is 0 Å². The Morgan fingerprint density at radius 1 is 1.23 bits per heavy atom. The van der Waals surface area contributed by atoms with Gasteiger partial charge < -0.3 is 19.2 Å². The van der Waals surface area contributed by atoms with Crippen LogP contribution in [0.2, 0.25) is 0 Å². The maximum Gasteiger partial charge on any atom is 0.248 e. The number of amides is 1. The molecule has 0 aliphatic carbocycles. The molecule has 0 spiro atoms. The molecule has 1 amide bonds. The van der Waals surface area contributed by atoms with Crippen molar-refractivity contribution in [2.75, 3.05) is 19.5 Å². The number of aromatic nitrogens is 2. The highest BCUT2D eigenvalue weighted by atomic mass is 32.1. The molecule has 0 aliphatic rings. The Morgan fingerprint density at radius 3 is 2.69 bits per heavy atom. The SMILES string of the molecule is COc1cc(C)c(NC(=O)CCc2nnc(-c3ccsc3)o2)cc1OC. The molecule has 8 heteroatoms. The number of nitrogens with one attached hydrogen (secondary N) is 1. The minimum absolute atomic E-state index is 0.143. The van der Waals surface area contributed by atoms with Crippen molar-refractivity contribution in [2.24, 2.45) is 0 Å². The Hall–Kier alpha value is -2.87. The van der Waals surface area contributed by atoms with Gasteiger partial charge in [-0.2, -0.15) is 11.3 Å². The zero-order valence-electron chi connectivity index (χ0n) is 14.7. The number of carbonyl (C=O) groups excluding carboxylic acids is 1. The monoisotopic (exact) mass is 373 g/mol. The van der Waals surface area contributed by atoms with E-state index in [0.29, 0.717) is 35.4 Å². The largest absolute Gasteiger partial charge is 0.493 e. The van der Waals surface area contributed by atoms with E-state index < -0.39 is 0 Å². The summed E-state index contributed by atoms with van der Waals surface area (Å²) in [5, 5.41) is 14.7. The number of carbonyl (C=O) groups is 1. The Labute approximate surface area is 155 Å². The van der Waals surface area contributed by atoms with Crippen molar-refractivity contribution < 1.29 is 18.7 Å². The Bertz CT molecular complexity index is 890. The summed E-state index contributed by atoms with van der Waals surface area (Å²) < 4.78 is 16.1. The number of rotatable bonds is 7. The van der Waals surface area contributed by atoms with Crippen LogP contribution < -0.4 is 14.8 Å². The first-order chi connectivity index (χ1) is 12.6. The van der Waals surface area contributed by atoms with Gasteiger partial charge in [-0.25, -0.2) is 0 Å². The van der Waals surface area contributed by atoms with Crippen LogP contribution in [0.3, 0.4) is 0 Å². The number of anilines is 1. The topological polar surface area (TPSA) is 86.5 Å². The molecule has 0 aliphatic heterocycles. The van der Waals surface area contributed by atoms with Gasteiger partial charge in [-0.3, -0.25) is 4.79 Å². The highest BCUT2D eigenvalue weighted by molar-refractivity contribution is 7.08. The lowest BCUT2D eigenvalue weighted by Crippen LogP contribution is -2.13. The van der Waals surface area contributed by atoms with E-state index in [2.05, 4.69) is 15.5 Å². The predicted molar refractivity (Wildman–Crippen MR) is 98.8 cm³/mol. The van der Waals surface area contributed by atoms with Crippen LogP contribution in [-0.4, -0.2) is 30.3 Å². The zero-order valence-corrected chi connectivity index (χ0v) is 15.6. The maximum atomic E-state index is 12.3. The lowest BCUT2D eigenvalue weighted by Gasteiger charge is -2.13. The van der Waals surface area contributed by atoms with Crippen LogP contribution in [0.5, 0.6) is 11.5 Å². The van der Waals surface area contributed by atoms with Gasteiger partial charge in [-0.15, -0.1) is 10.2 Å². The second-order valence-electron chi connectivity index (χ2n) is 5.58. The van der Waals surface area contributed by atoms with Crippen molar-refractivity contribution in [3.63, 3.8) is 0 Å². The van der Waals surface area contributed by atoms with Crippen molar-refractivity contribution in [1.82, 2.24) is 10.2 Å². The summed E-state index contributed by atoms with van der Waals surface area (Å²) in [6.07, 6.45) is 0.606. The summed E-state index contributed by atoms with van der Waals surface area (Å²) in [6.45, 7) is 1.89. The van der Waals surface area contributed by atoms with Crippen LogP contribution in [0.4, 0.5) is 5.69 Å². The second-order valence-corrected chi connectivity index (χ2v) is 6.36. The molecule has 2 heterocycles. The van der Waals surface area contributed by atoms with Crippen molar-refractivity contribution in [2.45, 2.75) is 19.8 Å². The second kappa shape index (κ2) is 8.01. The van der Waals surface area contributed by atoms with Gasteiger partial charge in [0.15, 0.2) is 11.5 Å². The van der Waals surface area contributed by atoms with E-state index in [1.54, 1.807) is 31.6 Å². The van der Waals surface area contributed by atoms with Crippen molar-refractivity contribution in [3.05, 3.63) is 40.4 Å². The van der Waals surface area contributed by atoms with Crippen LogP contribution >= 0.6 is 11.3 Å². The van der Waals surface area contributed by atoms with Gasteiger partial charge >= 0.3 is 0 Å². The summed E-state index contributed by atoms with van der Waals surface area (Å²) in [5.41, 5.74) is 2.45. The van der Waals surface area contributed by atoms with E-state index in [9.17, 15) is 4.79 Å². The molecule has 0 saturated heterocycles. The van der Waals surface area contributed by atoms with E-state index in [0.717, 1.165) is 11.1 Å². The molecule has 26 heavy (non-hydrogen) atoms. The van der Waals surface area contributed by atoms with E-state index >= 15 is 0 Å². The van der Waals surface area contributed by atoms with Crippen LogP contribution in [0.25, 0.3) is 11.5 Å². The Balaban J connectivity index is 1.61. The zero-order chi connectivity index (χ0) is 18.5. The third-order valence-corrected chi connectivity index (χ3v) is 4.49. The molecule has 3 rings (SSSR count). The van der Waals surface area contributed by atoms with Gasteiger partial charge in [-0.1, -0.05) is 0 Å². The summed E-state index contributed by atoms with van der Waals surface area (Å²) in [5.74, 6) is 1.94. The van der Waals surface area contributed by atoms with Crippen molar-refractivity contribution in [1.29, 1.82) is 0 Å². The standard InChI is InChI=1S/C18H19N3O4S/c1-11-8-14(23-2)15(24-3)9-13(11)19-16(22)4-5-17-20-21-18(25-17)12-6-7-26-10-12/h6-10H,4-5H2,1-3H3,(H,19,22). The molecule has 0 radical (unpaired) electrons. The number of nitrogens with zero attached hydrogens (tertiary/aromatic N) is 2. The number of thiophene rings is 1. The smallest absolute Gasteiger partial charge is 0.248 e. The lowest BCUT2D eigenvalue weighted by molar-refractivity contribution is -0.116. The number of aryl methyl sites for hydroxylation is 2. The van der Waals surface area contributed by atoms with Crippen molar-refractivity contribution in [3.8, 4) is 23.0 Å². The average molecular weight is 373 g/mol. The van der Waals surface area contributed by atoms with E-state index in [4.69, 9.17) is 13.9 Å². The first-order valence-electron chi connectivity index (χ1n) is 7.98. The fourth-order valence-corrected chi connectivity index (χ4v) is 3.04. The Kier molecular flexibility index (Phi) is 5.52. The van der Waals surface area contributed by atoms with Gasteiger partial charge in [0.2, 0.25) is 17.7 Å². The van der Waals surface area contributed by atoms with Crippen LogP contribution in [0.15, 0.2) is 33.4 Å². The van der Waals surface area contributed by atoms with E-state index in [-0.39, 0.29) is 12.3 Å². The minimum Gasteiger partial charge on any atom is -0.493 e. The molecule has 0 saturated carbocycles. The molecule has 0 atom stereocenters. The summed E-state index contributed by atoms with van der Waals surface area (Å²) in [7, 11) is 3.13. The summed E-state index contributed by atoms with van der Waals surface area (Å²) in [6, 6.07) is 5.47. The van der Waals surface area contributed by atoms with E-state index in [1.807, 2.05) is 29.8 Å². The molecule has 0 bridgehead atoms. The van der Waals surface area contributed by atoms with Crippen LogP contribution in [0, 0.1) is 6.92 Å². The number of methoxy groups -OCH3 is 2. The molecule has 0 unspecified atom stereocenters. The quantitative estimate of drug-likeness (QED) is 0.680. The van der Waals surface area contributed by atoms with Crippen LogP contribution in [-0.2, 0) is 11.2 Å². The number of hydrogen-bond donors (Lipinski definition) is 1. The minimum atomic E-state index is -0.143. The lowest BCUT2D eigenvalue weighted by atomic mass is 10.1. The molecule has 1 aromatic carbocycles. The predicted octanol–water partition coefficient (Wildman–Crippen LogP) is 3.70. The molecule has 0 fully saturated rings. The van der Waals surface area contributed by atoms with E-state index in [1.165, 1.54) is 0 Å². The highest BCUT2D eigenvalue weighted by Gasteiger charge is 2.13. The third kappa shape index (κ3) is 4.02. The summed E-state index contributed by atoms with van der Waals surface area (Å²) >= 11 is 1.56. The van der Waals surface area contributed by atoms with Crippen LogP contribution in [0.1, 0.15) is 17.9 Å². The molecular weight excluding hydrogens is 354 g/mol. The Morgan fingerprint density at radius 2 is 2.00 bits per heavy atom. The van der Waals surface area contributed by atoms with Gasteiger partial charge in [0, 0.05) is 35.5 Å². The number of hydrogen-bond acceptors (Lipinski definition) is 7. The average Bonchev–Trinajstić information content (AvgIpc) is 3.32. The molecule has 136 valence electrons. The fourth-order valence-electron chi connectivity index (χ4n) is 2.41. The molecule has 3 aromatic rings. The van der Waals surface area contributed by atoms with Gasteiger partial charge in [-0.05, 0) is 30.0 Å². The molecule has 7 nitrogen and oxygen atoms in total. The van der Waals surface area contributed by atoms with Gasteiger partial charge in [0.05, 0.1) is 14.2 Å².